The van der Waals surface area contributed by atoms with Crippen LogP contribution in [0.4, 0.5) is 11.6 Å². The van der Waals surface area contributed by atoms with Gasteiger partial charge in [0, 0.05) is 12.3 Å². The first-order valence-electron chi connectivity index (χ1n) is 8.29. The third-order valence-corrected chi connectivity index (χ3v) is 3.71. The minimum atomic E-state index is -0.394. The van der Waals surface area contributed by atoms with Crippen molar-refractivity contribution in [3.05, 3.63) is 60.6 Å². The molecule has 27 heavy (non-hydrogen) atoms. The number of nitrogens with zero attached hydrogens (tertiary/aromatic N) is 4. The first kappa shape index (κ1) is 16.6. The van der Waals surface area contributed by atoms with Gasteiger partial charge < -0.3 is 14.8 Å². The summed E-state index contributed by atoms with van der Waals surface area (Å²) in [6.07, 6.45) is 3.29. The number of H-pyrrole nitrogens is 1. The minimum absolute atomic E-state index is 0.317. The molecule has 0 bridgehead atoms. The fraction of sp³-hybridized carbons (Fsp3) is 0.111. The number of hydrogen-bond acceptors (Lipinski definition) is 7. The average Bonchev–Trinajstić information content (AvgIpc) is 3.32. The van der Waals surface area contributed by atoms with Gasteiger partial charge in [0.15, 0.2) is 11.6 Å². The van der Waals surface area contributed by atoms with E-state index >= 15 is 0 Å². The molecule has 0 amide bonds. The molecule has 1 aromatic carbocycles. The molecule has 9 heteroatoms. The Balaban J connectivity index is 1.49. The Morgan fingerprint density at radius 3 is 3.07 bits per heavy atom. The summed E-state index contributed by atoms with van der Waals surface area (Å²) >= 11 is 0. The Morgan fingerprint density at radius 2 is 2.19 bits per heavy atom. The van der Waals surface area contributed by atoms with Gasteiger partial charge in [-0.25, -0.2) is 19.4 Å². The van der Waals surface area contributed by atoms with Gasteiger partial charge in [-0.05, 0) is 37.3 Å². The topological polar surface area (TPSA) is 106 Å². The molecule has 4 rings (SSSR count). The summed E-state index contributed by atoms with van der Waals surface area (Å²) in [5, 5.41) is 14.2. The molecule has 0 atom stereocenters. The summed E-state index contributed by atoms with van der Waals surface area (Å²) in [6, 6.07) is 12.2. The van der Waals surface area contributed by atoms with Gasteiger partial charge in [-0.15, -0.1) is 0 Å². The number of rotatable bonds is 6. The molecule has 4 aromatic rings. The van der Waals surface area contributed by atoms with E-state index < -0.39 is 5.97 Å². The molecule has 0 fully saturated rings. The quantitative estimate of drug-likeness (QED) is 0.506. The van der Waals surface area contributed by atoms with Crippen LogP contribution in [0.25, 0.3) is 5.52 Å². The summed E-state index contributed by atoms with van der Waals surface area (Å²) in [5.74, 6) is 1.67. The van der Waals surface area contributed by atoms with Crippen LogP contribution < -0.4 is 10.1 Å². The number of hydrogen-bond donors (Lipinski definition) is 2. The highest BCUT2D eigenvalue weighted by atomic mass is 16.5. The molecule has 0 unspecified atom stereocenters. The van der Waals surface area contributed by atoms with E-state index in [0.29, 0.717) is 35.4 Å². The molecule has 2 N–H and O–H groups in total. The van der Waals surface area contributed by atoms with E-state index in [0.717, 1.165) is 5.52 Å². The van der Waals surface area contributed by atoms with Crippen molar-refractivity contribution in [2.75, 3.05) is 11.9 Å². The highest BCUT2D eigenvalue weighted by Gasteiger charge is 2.10. The summed E-state index contributed by atoms with van der Waals surface area (Å²) in [4.78, 5) is 16.0. The molecule has 0 spiro atoms. The van der Waals surface area contributed by atoms with Crippen molar-refractivity contribution in [3.63, 3.8) is 0 Å². The number of fused-ring (bicyclic) bond motifs is 1. The number of ether oxygens (including phenoxy) is 2. The van der Waals surface area contributed by atoms with Crippen LogP contribution in [0.2, 0.25) is 0 Å². The van der Waals surface area contributed by atoms with Gasteiger partial charge in [0.25, 0.3) is 0 Å². The third-order valence-electron chi connectivity index (χ3n) is 3.71. The Hall–Kier alpha value is -3.88. The normalized spacial score (nSPS) is 10.7. The summed E-state index contributed by atoms with van der Waals surface area (Å²) in [6.45, 7) is 2.08. The number of aromatic amines is 1. The molecule has 9 nitrogen and oxygen atoms in total. The van der Waals surface area contributed by atoms with Crippen molar-refractivity contribution in [2.45, 2.75) is 6.92 Å². The summed E-state index contributed by atoms with van der Waals surface area (Å²) in [7, 11) is 0. The third kappa shape index (κ3) is 3.56. The number of benzene rings is 1. The number of esters is 1. The average molecular weight is 364 g/mol. The minimum Gasteiger partial charge on any atom is -0.462 e. The molecular formula is C18H16N6O3. The van der Waals surface area contributed by atoms with E-state index in [9.17, 15) is 4.79 Å². The Morgan fingerprint density at radius 1 is 1.26 bits per heavy atom. The SMILES string of the molecule is CCOC(=O)c1cccc(Oc2cc(Nc3ncnn4cccc34)n[nH]2)c1. The molecule has 3 heterocycles. The number of anilines is 2. The second-order valence-corrected chi connectivity index (χ2v) is 5.54. The molecule has 0 radical (unpaired) electrons. The zero-order valence-corrected chi connectivity index (χ0v) is 14.4. The maximum absolute atomic E-state index is 11.8. The second-order valence-electron chi connectivity index (χ2n) is 5.54. The monoisotopic (exact) mass is 364 g/mol. The Labute approximate surface area is 154 Å². The largest absolute Gasteiger partial charge is 0.462 e. The lowest BCUT2D eigenvalue weighted by atomic mass is 10.2. The Bertz CT molecular complexity index is 1090. The molecule has 0 aliphatic heterocycles. The van der Waals surface area contributed by atoms with E-state index in [1.54, 1.807) is 41.8 Å². The van der Waals surface area contributed by atoms with Crippen molar-refractivity contribution < 1.29 is 14.3 Å². The maximum Gasteiger partial charge on any atom is 0.338 e. The van der Waals surface area contributed by atoms with Crippen LogP contribution in [0, 0.1) is 0 Å². The molecule has 0 aliphatic carbocycles. The number of aromatic nitrogens is 5. The highest BCUT2D eigenvalue weighted by Crippen LogP contribution is 2.25. The zero-order valence-electron chi connectivity index (χ0n) is 14.4. The van der Waals surface area contributed by atoms with Crippen molar-refractivity contribution in [2.24, 2.45) is 0 Å². The van der Waals surface area contributed by atoms with Crippen molar-refractivity contribution in [3.8, 4) is 11.6 Å². The van der Waals surface area contributed by atoms with Crippen LogP contribution in [0.3, 0.4) is 0 Å². The molecule has 3 aromatic heterocycles. The molecule has 0 saturated carbocycles. The smallest absolute Gasteiger partial charge is 0.338 e. The number of nitrogens with one attached hydrogen (secondary N) is 2. The first-order valence-corrected chi connectivity index (χ1v) is 8.29. The molecule has 0 saturated heterocycles. The van der Waals surface area contributed by atoms with Gasteiger partial charge in [0.1, 0.15) is 17.6 Å². The molecule has 136 valence electrons. The van der Waals surface area contributed by atoms with Crippen molar-refractivity contribution >= 4 is 23.1 Å². The predicted octanol–water partition coefficient (Wildman–Crippen LogP) is 3.17. The van der Waals surface area contributed by atoms with Crippen LogP contribution in [0.5, 0.6) is 11.6 Å². The lowest BCUT2D eigenvalue weighted by molar-refractivity contribution is 0.0526. The van der Waals surface area contributed by atoms with E-state index in [-0.39, 0.29) is 0 Å². The maximum atomic E-state index is 11.8. The highest BCUT2D eigenvalue weighted by molar-refractivity contribution is 5.89. The predicted molar refractivity (Wildman–Crippen MR) is 97.3 cm³/mol. The molecule has 0 aliphatic rings. The van der Waals surface area contributed by atoms with Crippen LogP contribution in [-0.2, 0) is 4.74 Å². The second kappa shape index (κ2) is 7.16. The van der Waals surface area contributed by atoms with E-state index in [4.69, 9.17) is 9.47 Å². The van der Waals surface area contributed by atoms with Crippen LogP contribution in [0.1, 0.15) is 17.3 Å². The van der Waals surface area contributed by atoms with Gasteiger partial charge >= 0.3 is 5.97 Å². The van der Waals surface area contributed by atoms with Gasteiger partial charge in [-0.1, -0.05) is 6.07 Å². The lowest BCUT2D eigenvalue weighted by Crippen LogP contribution is -2.04. The van der Waals surface area contributed by atoms with Gasteiger partial charge in [0.05, 0.1) is 12.2 Å². The first-order chi connectivity index (χ1) is 13.2. The van der Waals surface area contributed by atoms with Gasteiger partial charge in [-0.3, -0.25) is 0 Å². The zero-order chi connectivity index (χ0) is 18.6. The van der Waals surface area contributed by atoms with Crippen LogP contribution in [0.15, 0.2) is 55.0 Å². The standard InChI is InChI=1S/C18H16N6O3/c1-2-26-18(25)12-5-3-6-13(9-12)27-16-10-15(22-23-16)21-17-14-7-4-8-24(14)20-11-19-17/h3-11H,2H2,1H3,(H2,19,20,21,22,23). The Kier molecular flexibility index (Phi) is 4.40. The summed E-state index contributed by atoms with van der Waals surface area (Å²) < 4.78 is 12.4. The number of carbonyl (C=O) groups is 1. The van der Waals surface area contributed by atoms with Crippen LogP contribution >= 0.6 is 0 Å². The van der Waals surface area contributed by atoms with E-state index in [2.05, 4.69) is 25.6 Å². The fourth-order valence-corrected chi connectivity index (χ4v) is 2.53. The van der Waals surface area contributed by atoms with Gasteiger partial charge in [-0.2, -0.15) is 10.2 Å². The van der Waals surface area contributed by atoms with E-state index in [1.165, 1.54) is 6.33 Å². The summed E-state index contributed by atoms with van der Waals surface area (Å²) in [5.41, 5.74) is 1.24. The molecular weight excluding hydrogens is 348 g/mol. The van der Waals surface area contributed by atoms with Crippen molar-refractivity contribution in [1.29, 1.82) is 0 Å². The van der Waals surface area contributed by atoms with E-state index in [1.807, 2.05) is 18.3 Å². The van der Waals surface area contributed by atoms with Crippen molar-refractivity contribution in [1.82, 2.24) is 24.8 Å². The number of carbonyl (C=O) groups excluding carboxylic acids is 1. The fourth-order valence-electron chi connectivity index (χ4n) is 2.53. The van der Waals surface area contributed by atoms with Gasteiger partial charge in [0.2, 0.25) is 5.88 Å². The van der Waals surface area contributed by atoms with Crippen LogP contribution in [-0.4, -0.2) is 37.4 Å². The lowest BCUT2D eigenvalue weighted by Gasteiger charge is -2.05.